The molecule has 5 heteroatoms. The van der Waals surface area contributed by atoms with E-state index in [-0.39, 0.29) is 11.7 Å². The van der Waals surface area contributed by atoms with Gasteiger partial charge in [0.15, 0.2) is 0 Å². The minimum atomic E-state index is -1.06. The summed E-state index contributed by atoms with van der Waals surface area (Å²) in [7, 11) is 0. The van der Waals surface area contributed by atoms with Gasteiger partial charge in [-0.25, -0.2) is 4.79 Å². The van der Waals surface area contributed by atoms with Crippen molar-refractivity contribution >= 4 is 24.5 Å². The monoisotopic (exact) mass is 166 g/mol. The maximum Gasteiger partial charge on any atom is 0.327 e. The van der Waals surface area contributed by atoms with Gasteiger partial charge >= 0.3 is 5.97 Å². The fraction of sp³-hybridized carbons (Fsp3) is 0.600. The standard InChI is InChI=1S/C5H9NO3S/c1-3(7)6-4(2-10)5(8)9/h4,10H,2H2,1H3,(H,6,7)(H,8,9)/i2+1,4+1,6+1. The largest absolute Gasteiger partial charge is 0.480 e. The van der Waals surface area contributed by atoms with Crippen molar-refractivity contribution in [3.8, 4) is 0 Å². The number of nitrogens with one attached hydrogen (secondary N) is 1. The number of hydrogen-bond donors (Lipinski definition) is 3. The molecule has 0 aliphatic heterocycles. The number of rotatable bonds is 3. The first-order chi connectivity index (χ1) is 4.57. The molecule has 0 aromatic carbocycles. The molecule has 2 N–H and O–H groups in total. The number of hydrogen-bond acceptors (Lipinski definition) is 3. The van der Waals surface area contributed by atoms with Crippen LogP contribution >= 0.6 is 12.6 Å². The van der Waals surface area contributed by atoms with Crippen molar-refractivity contribution in [3.63, 3.8) is 0 Å². The Kier molecular flexibility index (Phi) is 3.87. The molecule has 0 radical (unpaired) electrons. The number of carbonyl (C=O) groups excluding carboxylic acids is 1. The van der Waals surface area contributed by atoms with Crippen LogP contribution in [0, 0.1) is 0 Å². The lowest BCUT2D eigenvalue weighted by Gasteiger charge is -2.08. The number of aliphatic carboxylic acids is 1. The van der Waals surface area contributed by atoms with Crippen LogP contribution in [0.25, 0.3) is 0 Å². The van der Waals surface area contributed by atoms with Gasteiger partial charge in [-0.15, -0.1) is 0 Å². The predicted octanol–water partition coefficient (Wildman–Crippen LogP) is -0.494. The summed E-state index contributed by atoms with van der Waals surface area (Å²) in [5, 5.41) is 10.6. The molecule has 0 spiro atoms. The van der Waals surface area contributed by atoms with Crippen LogP contribution < -0.4 is 5.32 Å². The summed E-state index contributed by atoms with van der Waals surface area (Å²) in [5.74, 6) is -1.32. The van der Waals surface area contributed by atoms with E-state index in [1.54, 1.807) is 0 Å². The number of carbonyl (C=O) groups is 2. The molecule has 0 aromatic rings. The third-order valence-electron chi connectivity index (χ3n) is 0.858. The van der Waals surface area contributed by atoms with Gasteiger partial charge in [-0.1, -0.05) is 0 Å². The van der Waals surface area contributed by atoms with Crippen molar-refractivity contribution in [2.75, 3.05) is 5.75 Å². The Hall–Kier alpha value is -0.710. The summed E-state index contributed by atoms with van der Waals surface area (Å²) in [6.07, 6.45) is 0. The highest BCUT2D eigenvalue weighted by Crippen LogP contribution is 1.86. The highest BCUT2D eigenvalue weighted by atomic mass is 32.1. The summed E-state index contributed by atoms with van der Waals surface area (Å²) in [4.78, 5) is 20.5. The molecule has 1 unspecified atom stereocenters. The van der Waals surface area contributed by atoms with Crippen LogP contribution in [0.2, 0.25) is 0 Å². The number of amides is 1. The molecule has 0 saturated carbocycles. The molecule has 0 bridgehead atoms. The third-order valence-corrected chi connectivity index (χ3v) is 1.22. The van der Waals surface area contributed by atoms with Gasteiger partial charge < -0.3 is 10.4 Å². The fourth-order valence-corrected chi connectivity index (χ4v) is 0.678. The van der Waals surface area contributed by atoms with E-state index in [0.717, 1.165) is 0 Å². The Bertz CT molecular complexity index is 148. The van der Waals surface area contributed by atoms with Crippen LogP contribution in [-0.4, -0.2) is 28.8 Å². The molecular formula is C5H9NO3S. The van der Waals surface area contributed by atoms with Crippen molar-refractivity contribution in [2.45, 2.75) is 13.0 Å². The van der Waals surface area contributed by atoms with Gasteiger partial charge in [-0.05, 0) is 0 Å². The lowest BCUT2D eigenvalue weighted by Crippen LogP contribution is -2.40. The highest BCUT2D eigenvalue weighted by molar-refractivity contribution is 7.80. The molecule has 1 atom stereocenters. The van der Waals surface area contributed by atoms with E-state index < -0.39 is 12.0 Å². The summed E-state index contributed by atoms with van der Waals surface area (Å²) in [5.41, 5.74) is 0. The second-order valence-corrected chi connectivity index (χ2v) is 2.14. The lowest BCUT2D eigenvalue weighted by atomic mass is 10.8. The first-order valence-corrected chi connectivity index (χ1v) is 3.32. The maximum atomic E-state index is 10.3. The molecule has 10 heavy (non-hydrogen) atoms. The Balaban J connectivity index is 3.83. The van der Waals surface area contributed by atoms with Gasteiger partial charge in [0.1, 0.15) is 6.04 Å². The van der Waals surface area contributed by atoms with E-state index in [1.165, 1.54) is 6.92 Å². The van der Waals surface area contributed by atoms with Gasteiger partial charge in [0, 0.05) is 12.7 Å². The number of carboxylic acids is 1. The summed E-state index contributed by atoms with van der Waals surface area (Å²) in [6.45, 7) is 1.26. The molecular weight excluding hydrogens is 157 g/mol. The van der Waals surface area contributed by atoms with Crippen molar-refractivity contribution < 1.29 is 14.7 Å². The van der Waals surface area contributed by atoms with E-state index >= 15 is 0 Å². The molecule has 58 valence electrons. The molecule has 0 aliphatic carbocycles. The van der Waals surface area contributed by atoms with E-state index in [4.69, 9.17) is 5.11 Å². The van der Waals surface area contributed by atoms with Crippen LogP contribution in [0.5, 0.6) is 0 Å². The first kappa shape index (κ1) is 9.29. The smallest absolute Gasteiger partial charge is 0.327 e. The van der Waals surface area contributed by atoms with E-state index in [1.807, 2.05) is 0 Å². The summed E-state index contributed by atoms with van der Waals surface area (Å²) >= 11 is 3.73. The topological polar surface area (TPSA) is 66.4 Å². The fourth-order valence-electron chi connectivity index (χ4n) is 0.431. The van der Waals surface area contributed by atoms with Crippen LogP contribution in [0.15, 0.2) is 0 Å². The molecule has 0 aromatic heterocycles. The Morgan fingerprint density at radius 3 is 2.30 bits per heavy atom. The second-order valence-electron chi connectivity index (χ2n) is 1.77. The van der Waals surface area contributed by atoms with Crippen molar-refractivity contribution in [1.82, 2.24) is 5.32 Å². The number of carboxylic acid groups (broad SMARTS) is 1. The van der Waals surface area contributed by atoms with Gasteiger partial charge in [-0.3, -0.25) is 4.79 Å². The third kappa shape index (κ3) is 3.34. The highest BCUT2D eigenvalue weighted by Gasteiger charge is 2.14. The van der Waals surface area contributed by atoms with Crippen LogP contribution in [0.4, 0.5) is 0 Å². The van der Waals surface area contributed by atoms with E-state index in [2.05, 4.69) is 17.9 Å². The minimum absolute atomic E-state index is 0.106. The average Bonchev–Trinajstić information content (AvgIpc) is 1.81. The molecule has 0 aliphatic rings. The van der Waals surface area contributed by atoms with Crippen molar-refractivity contribution in [1.29, 1.82) is 0 Å². The Labute approximate surface area is 64.0 Å². The zero-order chi connectivity index (χ0) is 8.15. The summed E-state index contributed by atoms with van der Waals surface area (Å²) in [6, 6.07) is -0.874. The van der Waals surface area contributed by atoms with Crippen LogP contribution in [0.3, 0.4) is 0 Å². The van der Waals surface area contributed by atoms with Gasteiger partial charge in [0.05, 0.1) is 0 Å². The number of thiol groups is 1. The van der Waals surface area contributed by atoms with Gasteiger partial charge in [0.25, 0.3) is 0 Å². The maximum absolute atomic E-state index is 10.3. The second kappa shape index (κ2) is 4.16. The molecule has 4 nitrogen and oxygen atoms in total. The SMILES string of the molecule is CC(=O)[15NH][13CH]([13CH2]S)C(=O)O. The van der Waals surface area contributed by atoms with Gasteiger partial charge in [0.2, 0.25) is 5.91 Å². The van der Waals surface area contributed by atoms with Crippen molar-refractivity contribution in [3.05, 3.63) is 0 Å². The summed E-state index contributed by atoms with van der Waals surface area (Å²) < 4.78 is 0. The quantitative estimate of drug-likeness (QED) is 0.301. The zero-order valence-corrected chi connectivity index (χ0v) is 6.39. The average molecular weight is 166 g/mol. The molecule has 0 heterocycles. The van der Waals surface area contributed by atoms with Crippen LogP contribution in [0.1, 0.15) is 6.92 Å². The zero-order valence-electron chi connectivity index (χ0n) is 5.50. The Morgan fingerprint density at radius 1 is 1.70 bits per heavy atom. The van der Waals surface area contributed by atoms with Crippen molar-refractivity contribution in [2.24, 2.45) is 0 Å². The minimum Gasteiger partial charge on any atom is -0.480 e. The van der Waals surface area contributed by atoms with E-state index in [0.29, 0.717) is 0 Å². The Morgan fingerprint density at radius 2 is 2.20 bits per heavy atom. The lowest BCUT2D eigenvalue weighted by molar-refractivity contribution is -0.140. The predicted molar refractivity (Wildman–Crippen MR) is 39.1 cm³/mol. The molecule has 1 amide bonds. The molecule has 0 rings (SSSR count). The normalized spacial score (nSPS) is 12.2. The molecule has 0 saturated heterocycles. The molecule has 0 fully saturated rings. The van der Waals surface area contributed by atoms with Crippen LogP contribution in [-0.2, 0) is 9.59 Å². The van der Waals surface area contributed by atoms with E-state index in [9.17, 15) is 9.59 Å². The first-order valence-electron chi connectivity index (χ1n) is 2.68. The van der Waals surface area contributed by atoms with Gasteiger partial charge in [-0.2, -0.15) is 12.6 Å².